The minimum absolute atomic E-state index is 0.0515. The molecule has 3 atom stereocenters. The van der Waals surface area contributed by atoms with Crippen molar-refractivity contribution in [1.82, 2.24) is 29.7 Å². The van der Waals surface area contributed by atoms with E-state index < -0.39 is 6.29 Å². The molecular formula is C24H23N9O2S2. The van der Waals surface area contributed by atoms with Gasteiger partial charge in [-0.1, -0.05) is 60.7 Å². The van der Waals surface area contributed by atoms with Crippen molar-refractivity contribution in [2.45, 2.75) is 24.9 Å². The second-order valence-electron chi connectivity index (χ2n) is 8.65. The Balaban J connectivity index is 1.44. The number of ether oxygens (including phenoxy) is 2. The molecule has 0 aliphatic carbocycles. The molecule has 2 aliphatic heterocycles. The van der Waals surface area contributed by atoms with Gasteiger partial charge >= 0.3 is 0 Å². The van der Waals surface area contributed by atoms with E-state index in [0.29, 0.717) is 29.5 Å². The number of benzene rings is 2. The Morgan fingerprint density at radius 1 is 1.05 bits per heavy atom. The van der Waals surface area contributed by atoms with Gasteiger partial charge in [0.1, 0.15) is 6.10 Å². The number of hydrogen-bond donors (Lipinski definition) is 3. The Kier molecular flexibility index (Phi) is 6.04. The molecule has 13 heteroatoms. The molecule has 2 aromatic heterocycles. The number of aromatic nitrogens is 5. The summed E-state index contributed by atoms with van der Waals surface area (Å²) in [6, 6.07) is 21.6. The molecule has 11 nitrogen and oxygen atoms in total. The SMILES string of the molecule is NC(=S)N/N=C1/C[C@@H](n2nc(-n3nc(-c4ccccc4)cc3-c3ccccc3)n(N)c2=S)[C@H]2CO[C@H]1O2. The van der Waals surface area contributed by atoms with Gasteiger partial charge in [0.2, 0.25) is 4.77 Å². The first kappa shape index (κ1) is 23.5. The lowest BCUT2D eigenvalue weighted by molar-refractivity contribution is -0.0323. The summed E-state index contributed by atoms with van der Waals surface area (Å²) in [5.41, 5.74) is 12.3. The maximum Gasteiger partial charge on any atom is 0.270 e. The minimum atomic E-state index is -0.569. The van der Waals surface area contributed by atoms with Crippen LogP contribution >= 0.6 is 24.4 Å². The van der Waals surface area contributed by atoms with Crippen molar-refractivity contribution in [3.8, 4) is 28.5 Å². The zero-order valence-corrected chi connectivity index (χ0v) is 21.1. The predicted octanol–water partition coefficient (Wildman–Crippen LogP) is 2.52. The van der Waals surface area contributed by atoms with E-state index in [0.717, 1.165) is 22.5 Å². The van der Waals surface area contributed by atoms with Gasteiger partial charge in [-0.25, -0.2) is 4.68 Å². The topological polar surface area (TPSA) is 135 Å². The maximum absolute atomic E-state index is 6.49. The molecular weight excluding hydrogens is 510 g/mol. The number of rotatable bonds is 5. The van der Waals surface area contributed by atoms with Crippen molar-refractivity contribution in [1.29, 1.82) is 0 Å². The lowest BCUT2D eigenvalue weighted by Crippen LogP contribution is -2.39. The van der Waals surface area contributed by atoms with E-state index in [2.05, 4.69) is 10.5 Å². The molecule has 0 spiro atoms. The van der Waals surface area contributed by atoms with Crippen LogP contribution in [0.3, 0.4) is 0 Å². The van der Waals surface area contributed by atoms with Gasteiger partial charge in [0.15, 0.2) is 11.4 Å². The Labute approximate surface area is 222 Å². The van der Waals surface area contributed by atoms with Gasteiger partial charge in [0, 0.05) is 17.5 Å². The second kappa shape index (κ2) is 9.52. The fraction of sp³-hybridized carbons (Fsp3) is 0.208. The molecule has 37 heavy (non-hydrogen) atoms. The van der Waals surface area contributed by atoms with Crippen LogP contribution in [0, 0.1) is 4.77 Å². The first-order chi connectivity index (χ1) is 18.0. The van der Waals surface area contributed by atoms with Gasteiger partial charge in [0.25, 0.3) is 5.95 Å². The lowest BCUT2D eigenvalue weighted by Gasteiger charge is -2.28. The smallest absolute Gasteiger partial charge is 0.270 e. The summed E-state index contributed by atoms with van der Waals surface area (Å²) < 4.78 is 16.8. The first-order valence-corrected chi connectivity index (χ1v) is 12.4. The fourth-order valence-corrected chi connectivity index (χ4v) is 4.85. The van der Waals surface area contributed by atoms with Gasteiger partial charge < -0.3 is 21.1 Å². The molecule has 2 aromatic carbocycles. The van der Waals surface area contributed by atoms with Crippen LogP contribution in [0.2, 0.25) is 0 Å². The molecule has 0 amide bonds. The van der Waals surface area contributed by atoms with Crippen molar-refractivity contribution in [2.75, 3.05) is 12.4 Å². The number of thiocarbonyl (C=S) groups is 1. The molecule has 0 radical (unpaired) electrons. The lowest BCUT2D eigenvalue weighted by atomic mass is 10.0. The molecule has 2 aliphatic rings. The highest BCUT2D eigenvalue weighted by Gasteiger charge is 2.44. The highest BCUT2D eigenvalue weighted by Crippen LogP contribution is 2.34. The van der Waals surface area contributed by atoms with Crippen molar-refractivity contribution in [3.63, 3.8) is 0 Å². The number of fused-ring (bicyclic) bond motifs is 2. The quantitative estimate of drug-likeness (QED) is 0.201. The van der Waals surface area contributed by atoms with E-state index in [4.69, 9.17) is 55.7 Å². The second-order valence-corrected chi connectivity index (χ2v) is 9.45. The highest BCUT2D eigenvalue weighted by atomic mass is 32.1. The molecule has 5 N–H and O–H groups in total. The summed E-state index contributed by atoms with van der Waals surface area (Å²) in [6.07, 6.45) is -0.370. The highest BCUT2D eigenvalue weighted by molar-refractivity contribution is 7.80. The van der Waals surface area contributed by atoms with Gasteiger partial charge in [-0.05, 0) is 30.5 Å². The summed E-state index contributed by atoms with van der Waals surface area (Å²) in [5, 5.41) is 14.0. The number of nitrogens with two attached hydrogens (primary N) is 2. The summed E-state index contributed by atoms with van der Waals surface area (Å²) >= 11 is 10.6. The molecule has 2 bridgehead atoms. The maximum atomic E-state index is 6.49. The number of hydrazone groups is 1. The number of hydrogen-bond acceptors (Lipinski definition) is 8. The van der Waals surface area contributed by atoms with Crippen LogP contribution in [0.4, 0.5) is 0 Å². The van der Waals surface area contributed by atoms with Crippen molar-refractivity contribution in [2.24, 2.45) is 10.8 Å². The third kappa shape index (κ3) is 4.31. The minimum Gasteiger partial charge on any atom is -0.375 e. The molecule has 4 heterocycles. The molecule has 4 aromatic rings. The number of nitrogens with zero attached hydrogens (tertiary/aromatic N) is 6. The van der Waals surface area contributed by atoms with Crippen LogP contribution in [0.15, 0.2) is 71.8 Å². The monoisotopic (exact) mass is 533 g/mol. The van der Waals surface area contributed by atoms with Crippen LogP contribution in [-0.4, -0.2) is 54.1 Å². The average molecular weight is 534 g/mol. The van der Waals surface area contributed by atoms with Gasteiger partial charge in [-0.3, -0.25) is 5.43 Å². The van der Waals surface area contributed by atoms with Crippen LogP contribution in [0.5, 0.6) is 0 Å². The Bertz CT molecular complexity index is 1550. The van der Waals surface area contributed by atoms with Gasteiger partial charge in [-0.2, -0.15) is 19.6 Å². The van der Waals surface area contributed by atoms with E-state index in [1.807, 2.05) is 66.7 Å². The van der Waals surface area contributed by atoms with Crippen LogP contribution in [-0.2, 0) is 9.47 Å². The molecule has 188 valence electrons. The van der Waals surface area contributed by atoms with Gasteiger partial charge in [-0.15, -0.1) is 5.10 Å². The van der Waals surface area contributed by atoms with E-state index in [1.165, 1.54) is 4.68 Å². The predicted molar refractivity (Wildman–Crippen MR) is 145 cm³/mol. The number of nitrogen functional groups attached to an aromatic ring is 1. The third-order valence-corrected chi connectivity index (χ3v) is 6.78. The summed E-state index contributed by atoms with van der Waals surface area (Å²) in [5.74, 6) is 6.85. The summed E-state index contributed by atoms with van der Waals surface area (Å²) in [4.78, 5) is 0. The average Bonchev–Trinajstić information content (AvgIpc) is 3.62. The van der Waals surface area contributed by atoms with Crippen molar-refractivity contribution < 1.29 is 9.47 Å². The van der Waals surface area contributed by atoms with E-state index in [1.54, 1.807) is 9.36 Å². The molecule has 2 saturated heterocycles. The van der Waals surface area contributed by atoms with Crippen LogP contribution in [0.1, 0.15) is 12.5 Å². The molecule has 6 rings (SSSR count). The van der Waals surface area contributed by atoms with Crippen LogP contribution < -0.4 is 17.0 Å². The Morgan fingerprint density at radius 2 is 1.76 bits per heavy atom. The molecule has 0 saturated carbocycles. The zero-order valence-electron chi connectivity index (χ0n) is 19.5. The molecule has 2 fully saturated rings. The largest absolute Gasteiger partial charge is 0.375 e. The Hall–Kier alpha value is -3.91. The number of nitrogens with one attached hydrogen (secondary N) is 1. The van der Waals surface area contributed by atoms with E-state index in [-0.39, 0.29) is 17.3 Å². The fourth-order valence-electron chi connectivity index (χ4n) is 4.55. The summed E-state index contributed by atoms with van der Waals surface area (Å²) in [7, 11) is 0. The standard InChI is InChI=1S/C24H23N9O2S2/c25-22(36)28-27-17-12-19(20-13-34-21(17)35-20)33-24(37)31(26)23(30-33)32-18(15-9-5-2-6-10-15)11-16(29-32)14-7-3-1-4-8-14/h1-11,19-21H,12-13,26H2,(H3,25,28,36)/b27-17-/t19-,20-,21+/m1/s1. The summed E-state index contributed by atoms with van der Waals surface area (Å²) in [6.45, 7) is 0.366. The van der Waals surface area contributed by atoms with E-state index in [9.17, 15) is 0 Å². The van der Waals surface area contributed by atoms with E-state index >= 15 is 0 Å². The third-order valence-electron chi connectivity index (χ3n) is 6.31. The Morgan fingerprint density at radius 3 is 2.46 bits per heavy atom. The van der Waals surface area contributed by atoms with Crippen molar-refractivity contribution in [3.05, 3.63) is 71.5 Å². The van der Waals surface area contributed by atoms with Gasteiger partial charge in [0.05, 0.1) is 29.7 Å². The van der Waals surface area contributed by atoms with Crippen LogP contribution in [0.25, 0.3) is 28.5 Å². The molecule has 0 unspecified atom stereocenters. The first-order valence-electron chi connectivity index (χ1n) is 11.6. The normalized spacial score (nSPS) is 21.8. The van der Waals surface area contributed by atoms with Crippen molar-refractivity contribution >= 4 is 35.3 Å². The zero-order chi connectivity index (χ0) is 25.5.